The number of sulfonamides is 1. The Morgan fingerprint density at radius 3 is 2.33 bits per heavy atom. The lowest BCUT2D eigenvalue weighted by molar-refractivity contribution is -0.165. The predicted molar refractivity (Wildman–Crippen MR) is 277 cm³/mol. The minimum absolute atomic E-state index is 0.00168. The number of nitrogen functional groups attached to an aromatic ring is 1. The molecule has 5 N–H and O–H groups in total. The normalized spacial score (nSPS) is 28.3. The van der Waals surface area contributed by atoms with Gasteiger partial charge in [0.15, 0.2) is 18.0 Å². The van der Waals surface area contributed by atoms with Gasteiger partial charge in [-0.2, -0.15) is 4.98 Å². The summed E-state index contributed by atoms with van der Waals surface area (Å²) in [5.74, 6) is -5.13. The van der Waals surface area contributed by atoms with E-state index in [1.807, 2.05) is 12.2 Å². The average Bonchev–Trinajstić information content (AvgIpc) is 4.38. The lowest BCUT2D eigenvalue weighted by atomic mass is 9.98. The van der Waals surface area contributed by atoms with Gasteiger partial charge in [0.2, 0.25) is 21.8 Å². The first-order chi connectivity index (χ1) is 37.0. The van der Waals surface area contributed by atoms with Crippen LogP contribution in [0.2, 0.25) is 0 Å². The van der Waals surface area contributed by atoms with E-state index in [1.165, 1.54) is 28.1 Å². The first kappa shape index (κ1) is 60.0. The molecule has 1 aromatic heterocycles. The first-order valence-corrected chi connectivity index (χ1v) is 28.2. The van der Waals surface area contributed by atoms with E-state index >= 15 is 4.39 Å². The van der Waals surface area contributed by atoms with Gasteiger partial charge in [0, 0.05) is 30.6 Å². The summed E-state index contributed by atoms with van der Waals surface area (Å²) in [7, 11) is -3.92. The largest absolute Gasteiger partial charge is 0.463 e. The third-order valence-corrected chi connectivity index (χ3v) is 16.2. The van der Waals surface area contributed by atoms with Gasteiger partial charge in [0.05, 0.1) is 30.2 Å². The van der Waals surface area contributed by atoms with E-state index in [0.717, 1.165) is 24.3 Å². The molecule has 6 aliphatic rings. The number of allylic oxidation sites excluding steroid dienone is 1. The number of ether oxygens (including phenoxy) is 5. The van der Waals surface area contributed by atoms with Gasteiger partial charge in [-0.05, 0) is 83.9 Å². The van der Waals surface area contributed by atoms with Crippen LogP contribution in [0.15, 0.2) is 47.4 Å². The van der Waals surface area contributed by atoms with E-state index in [2.05, 4.69) is 20.3 Å². The minimum Gasteiger partial charge on any atom is -0.463 e. The molecule has 23 nitrogen and oxygen atoms in total. The SMILES string of the molecule is CC(C)(C)OC(=O)N[C@H]1CCCCC/C=C\[C@@H]2C[C@@]2(C(=O)NS(=O)(=O)C2CC2)NC(=O)[C@@H]2C[C@@H](OC(=O)N3Cc4cccc(F)c4C3)CN2C1=O.CC(C)C(=O)OC[C@H]1O[C@@H](n2ccc(N)nc2=O)[C@](C)(F)[C@@H]1OC(=O)C(C)C. The number of aromatic nitrogens is 2. The smallest absolute Gasteiger partial charge is 0.410 e. The number of nitrogens with one attached hydrogen (secondary N) is 3. The Morgan fingerprint density at radius 1 is 0.975 bits per heavy atom. The number of hydrogen-bond donors (Lipinski definition) is 4. The van der Waals surface area contributed by atoms with Crippen molar-refractivity contribution < 1.29 is 74.4 Å². The Bertz CT molecular complexity index is 2870. The molecule has 2 aromatic rings. The Labute approximate surface area is 457 Å². The molecule has 2 saturated heterocycles. The van der Waals surface area contributed by atoms with Gasteiger partial charge in [0.1, 0.15) is 53.7 Å². The highest BCUT2D eigenvalue weighted by Gasteiger charge is 2.62. The Morgan fingerprint density at radius 2 is 1.68 bits per heavy atom. The van der Waals surface area contributed by atoms with Crippen LogP contribution in [0.5, 0.6) is 0 Å². The van der Waals surface area contributed by atoms with Crippen LogP contribution >= 0.6 is 0 Å². The van der Waals surface area contributed by atoms with Crippen LogP contribution in [-0.2, 0) is 70.8 Å². The summed E-state index contributed by atoms with van der Waals surface area (Å²) >= 11 is 0. The summed E-state index contributed by atoms with van der Waals surface area (Å²) in [5.41, 5.74) is 1.01. The topological polar surface area (TPSA) is 303 Å². The molecule has 0 bridgehead atoms. The molecule has 26 heteroatoms. The maximum atomic E-state index is 15.7. The molecule has 434 valence electrons. The van der Waals surface area contributed by atoms with Crippen molar-refractivity contribution in [1.82, 2.24) is 34.7 Å². The van der Waals surface area contributed by atoms with Gasteiger partial charge in [-0.3, -0.25) is 38.2 Å². The van der Waals surface area contributed by atoms with Crippen molar-refractivity contribution in [2.45, 2.75) is 185 Å². The molecule has 5 heterocycles. The van der Waals surface area contributed by atoms with Crippen molar-refractivity contribution in [3.05, 3.63) is 70.0 Å². The summed E-state index contributed by atoms with van der Waals surface area (Å²) in [6.45, 7) is 12.3. The van der Waals surface area contributed by atoms with Gasteiger partial charge in [0.25, 0.3) is 5.91 Å². The van der Waals surface area contributed by atoms with Crippen LogP contribution in [0.25, 0.3) is 0 Å². The molecule has 0 radical (unpaired) electrons. The zero-order valence-corrected chi connectivity index (χ0v) is 46.5. The Balaban J connectivity index is 0.000000273. The highest BCUT2D eigenvalue weighted by Crippen LogP contribution is 2.47. The summed E-state index contributed by atoms with van der Waals surface area (Å²) in [6.07, 6.45) is 2.41. The fraction of sp³-hybridized carbons (Fsp3) is 0.642. The number of rotatable bonds is 11. The molecule has 79 heavy (non-hydrogen) atoms. The zero-order chi connectivity index (χ0) is 57.9. The molecule has 4 fully saturated rings. The van der Waals surface area contributed by atoms with E-state index in [9.17, 15) is 51.2 Å². The standard InChI is InChI=1S/C35H46FN5O9S.C18H26FN3O6/c1-34(2,3)50-32(45)37-27-13-8-6-4-5-7-11-22-17-35(22,31(44)39-51(47,48)24-14-15-24)38-29(42)28-16-23(19-41(28)30(27)43)49-33(46)40-18-21-10-9-12-26(36)25(21)20-40;1-9(2)14(23)26-8-11-13(28-15(24)10(3)4)18(5,19)16(27-11)22-7-6-12(20)21-17(22)25/h7,9-12,22-24,27-28H,4-6,8,13-20H2,1-3H3,(H,37,45)(H,38,42)(H,39,44);6-7,9-11,13,16H,8H2,1-5H3,(H2,20,21,25)/b11-7-;/t22-,23-,27+,28+,35-;11-,13-,16-,18-/m11/s1. The highest BCUT2D eigenvalue weighted by atomic mass is 32.2. The number of carbonyl (C=O) groups excluding carboxylic acids is 7. The Kier molecular flexibility index (Phi) is 18.2. The third-order valence-electron chi connectivity index (χ3n) is 14.3. The minimum atomic E-state index is -3.92. The first-order valence-electron chi connectivity index (χ1n) is 26.6. The Hall–Kier alpha value is -6.70. The monoisotopic (exact) mass is 1130 g/mol. The lowest BCUT2D eigenvalue weighted by Crippen LogP contribution is -2.58. The van der Waals surface area contributed by atoms with Gasteiger partial charge in [-0.15, -0.1) is 0 Å². The summed E-state index contributed by atoms with van der Waals surface area (Å²) < 4.78 is 86.0. The second kappa shape index (κ2) is 23.9. The number of fused-ring (bicyclic) bond motifs is 3. The van der Waals surface area contributed by atoms with E-state index in [0.29, 0.717) is 36.8 Å². The summed E-state index contributed by atoms with van der Waals surface area (Å²) in [4.78, 5) is 110. The van der Waals surface area contributed by atoms with Gasteiger partial charge in [-0.1, -0.05) is 64.8 Å². The maximum absolute atomic E-state index is 15.7. The number of nitrogens with zero attached hydrogens (tertiary/aromatic N) is 4. The van der Waals surface area contributed by atoms with Crippen molar-refractivity contribution >= 4 is 57.7 Å². The molecule has 8 rings (SSSR count). The number of carbonyl (C=O) groups is 7. The number of halogens is 2. The number of nitrogens with two attached hydrogens (primary N) is 1. The van der Waals surface area contributed by atoms with Crippen molar-refractivity contribution in [2.75, 3.05) is 18.9 Å². The molecule has 9 atom stereocenters. The molecule has 2 aliphatic carbocycles. The second-order valence-corrected chi connectivity index (χ2v) is 24.7. The van der Waals surface area contributed by atoms with E-state index < -0.39 is 140 Å². The van der Waals surface area contributed by atoms with Gasteiger partial charge in [-0.25, -0.2) is 31.6 Å². The molecular formula is C53H72F2N8O15S. The maximum Gasteiger partial charge on any atom is 0.410 e. The predicted octanol–water partition coefficient (Wildman–Crippen LogP) is 4.36. The molecule has 0 unspecified atom stereocenters. The average molecular weight is 1130 g/mol. The van der Waals surface area contributed by atoms with Crippen LogP contribution < -0.4 is 26.8 Å². The van der Waals surface area contributed by atoms with Crippen LogP contribution in [0.1, 0.15) is 131 Å². The fourth-order valence-corrected chi connectivity index (χ4v) is 11.1. The van der Waals surface area contributed by atoms with Crippen LogP contribution in [0, 0.1) is 23.6 Å². The highest BCUT2D eigenvalue weighted by molar-refractivity contribution is 7.91. The fourth-order valence-electron chi connectivity index (χ4n) is 9.75. The van der Waals surface area contributed by atoms with E-state index in [1.54, 1.807) is 60.6 Å². The van der Waals surface area contributed by atoms with Crippen molar-refractivity contribution in [3.8, 4) is 0 Å². The van der Waals surface area contributed by atoms with Crippen LogP contribution in [0.4, 0.5) is 24.2 Å². The third kappa shape index (κ3) is 14.4. The lowest BCUT2D eigenvalue weighted by Gasteiger charge is -2.30. The van der Waals surface area contributed by atoms with Crippen molar-refractivity contribution in [2.24, 2.45) is 17.8 Å². The molecule has 0 spiro atoms. The molecular weight excluding hydrogens is 1060 g/mol. The summed E-state index contributed by atoms with van der Waals surface area (Å²) in [5, 5.41) is 4.79. The van der Waals surface area contributed by atoms with Gasteiger partial charge < -0.3 is 45.0 Å². The van der Waals surface area contributed by atoms with E-state index in [4.69, 9.17) is 29.4 Å². The number of benzene rings is 1. The number of anilines is 1. The zero-order valence-electron chi connectivity index (χ0n) is 45.7. The molecule has 4 aliphatic heterocycles. The van der Waals surface area contributed by atoms with Gasteiger partial charge >= 0.3 is 29.8 Å². The number of hydrogen-bond acceptors (Lipinski definition) is 17. The number of amides is 5. The van der Waals surface area contributed by atoms with Crippen LogP contribution in [0.3, 0.4) is 0 Å². The number of esters is 2. The molecule has 1 aromatic carbocycles. The summed E-state index contributed by atoms with van der Waals surface area (Å²) in [6, 6.07) is 3.62. The quantitative estimate of drug-likeness (QED) is 0.138. The molecule has 5 amide bonds. The second-order valence-electron chi connectivity index (χ2n) is 22.7. The number of alkyl carbamates (subject to hydrolysis) is 1. The van der Waals surface area contributed by atoms with Crippen molar-refractivity contribution in [3.63, 3.8) is 0 Å². The molecule has 2 saturated carbocycles. The van der Waals surface area contributed by atoms with E-state index in [-0.39, 0.29) is 51.3 Å². The number of alkyl halides is 1. The van der Waals surface area contributed by atoms with Crippen LogP contribution in [-0.4, -0.2) is 135 Å². The van der Waals surface area contributed by atoms with Crippen molar-refractivity contribution in [1.29, 1.82) is 0 Å².